The topological polar surface area (TPSA) is 64.8 Å². The predicted octanol–water partition coefficient (Wildman–Crippen LogP) is 4.72. The molecule has 142 valence electrons. The first-order chi connectivity index (χ1) is 13.0. The number of likely N-dealkylation sites (tertiary alicyclic amines) is 1. The van der Waals surface area contributed by atoms with Gasteiger partial charge in [-0.15, -0.1) is 0 Å². The Bertz CT molecular complexity index is 869. The minimum absolute atomic E-state index is 0.0356. The number of hydrogen-bond acceptors (Lipinski definition) is 5. The van der Waals surface area contributed by atoms with Gasteiger partial charge in [0.1, 0.15) is 11.6 Å². The highest BCUT2D eigenvalue weighted by Gasteiger charge is 2.20. The normalized spacial score (nSPS) is 13.5. The van der Waals surface area contributed by atoms with Crippen LogP contribution < -0.4 is 9.47 Å². The zero-order valence-corrected chi connectivity index (χ0v) is 17.2. The zero-order chi connectivity index (χ0) is 19.4. The quantitative estimate of drug-likeness (QED) is 0.360. The summed E-state index contributed by atoms with van der Waals surface area (Å²) < 4.78 is 12.1. The van der Waals surface area contributed by atoms with Gasteiger partial charge in [-0.25, -0.2) is 0 Å². The van der Waals surface area contributed by atoms with E-state index in [2.05, 4.69) is 20.8 Å². The summed E-state index contributed by atoms with van der Waals surface area (Å²) in [5, 5.41) is 10.9. The van der Waals surface area contributed by atoms with Crippen LogP contribution in [0.25, 0.3) is 0 Å². The minimum atomic E-state index is -0.423. The van der Waals surface area contributed by atoms with E-state index in [0.29, 0.717) is 17.1 Å². The lowest BCUT2D eigenvalue weighted by molar-refractivity contribution is -0.384. The SMILES string of the molecule is COc1cc(C(=S)N2CCCC2)cc(Br)c1OCc1cccc([N+](=O)[O-])c1. The van der Waals surface area contributed by atoms with Gasteiger partial charge in [-0.3, -0.25) is 10.1 Å². The maximum absolute atomic E-state index is 10.9. The maximum Gasteiger partial charge on any atom is 0.269 e. The number of non-ortho nitro benzene ring substituents is 1. The van der Waals surface area contributed by atoms with Crippen molar-refractivity contribution in [2.75, 3.05) is 20.2 Å². The van der Waals surface area contributed by atoms with Crippen LogP contribution in [0, 0.1) is 10.1 Å². The number of nitro benzene ring substituents is 1. The van der Waals surface area contributed by atoms with E-state index in [1.807, 2.05) is 12.1 Å². The van der Waals surface area contributed by atoms with Crippen LogP contribution in [0.15, 0.2) is 40.9 Å². The summed E-state index contributed by atoms with van der Waals surface area (Å²) in [5.74, 6) is 1.10. The van der Waals surface area contributed by atoms with E-state index in [1.54, 1.807) is 19.2 Å². The molecule has 6 nitrogen and oxygen atoms in total. The van der Waals surface area contributed by atoms with Gasteiger partial charge in [0.15, 0.2) is 11.5 Å². The van der Waals surface area contributed by atoms with Crippen molar-refractivity contribution in [2.45, 2.75) is 19.4 Å². The fourth-order valence-corrected chi connectivity index (χ4v) is 3.86. The van der Waals surface area contributed by atoms with Crippen LogP contribution >= 0.6 is 28.1 Å². The van der Waals surface area contributed by atoms with Crippen LogP contribution in [0.2, 0.25) is 0 Å². The molecular weight excluding hydrogens is 432 g/mol. The molecule has 0 atom stereocenters. The lowest BCUT2D eigenvalue weighted by Gasteiger charge is -2.20. The van der Waals surface area contributed by atoms with E-state index in [4.69, 9.17) is 21.7 Å². The van der Waals surface area contributed by atoms with Gasteiger partial charge in [0.2, 0.25) is 0 Å². The summed E-state index contributed by atoms with van der Waals surface area (Å²) in [6.07, 6.45) is 2.31. The first-order valence-electron chi connectivity index (χ1n) is 8.52. The van der Waals surface area contributed by atoms with Crippen LogP contribution in [0.1, 0.15) is 24.0 Å². The van der Waals surface area contributed by atoms with E-state index in [1.165, 1.54) is 12.1 Å². The molecule has 0 saturated carbocycles. The summed E-state index contributed by atoms with van der Waals surface area (Å²) in [4.78, 5) is 13.5. The van der Waals surface area contributed by atoms with E-state index in [0.717, 1.165) is 41.0 Å². The van der Waals surface area contributed by atoms with Gasteiger partial charge in [-0.2, -0.15) is 0 Å². The molecule has 1 fully saturated rings. The highest BCUT2D eigenvalue weighted by atomic mass is 79.9. The molecule has 2 aromatic carbocycles. The van der Waals surface area contributed by atoms with E-state index in [-0.39, 0.29) is 12.3 Å². The monoisotopic (exact) mass is 450 g/mol. The van der Waals surface area contributed by atoms with Crippen molar-refractivity contribution >= 4 is 38.8 Å². The standard InChI is InChI=1S/C19H19BrN2O4S/c1-25-17-11-14(19(27)21-7-2-3-8-21)10-16(20)18(17)26-12-13-5-4-6-15(9-13)22(23)24/h4-6,9-11H,2-3,7-8,12H2,1H3. The van der Waals surface area contributed by atoms with Gasteiger partial charge in [-0.1, -0.05) is 24.4 Å². The number of rotatable bonds is 6. The minimum Gasteiger partial charge on any atom is -0.493 e. The molecular formula is C19H19BrN2O4S. The van der Waals surface area contributed by atoms with Crippen molar-refractivity contribution in [3.05, 3.63) is 62.1 Å². The van der Waals surface area contributed by atoms with Crippen LogP contribution in [-0.2, 0) is 6.61 Å². The number of halogens is 1. The number of nitro groups is 1. The molecule has 2 aromatic rings. The Labute approximate surface area is 171 Å². The van der Waals surface area contributed by atoms with Crippen LogP contribution in [0.4, 0.5) is 5.69 Å². The Hall–Kier alpha value is -2.19. The highest BCUT2D eigenvalue weighted by Crippen LogP contribution is 2.38. The number of benzene rings is 2. The summed E-state index contributed by atoms with van der Waals surface area (Å²) in [7, 11) is 1.57. The van der Waals surface area contributed by atoms with E-state index < -0.39 is 4.92 Å². The van der Waals surface area contributed by atoms with Gasteiger partial charge in [0, 0.05) is 30.8 Å². The first kappa shape index (κ1) is 19.6. The molecule has 0 radical (unpaired) electrons. The molecule has 3 rings (SSSR count). The van der Waals surface area contributed by atoms with E-state index in [9.17, 15) is 10.1 Å². The Kier molecular flexibility index (Phi) is 6.28. The van der Waals surface area contributed by atoms with Crippen molar-refractivity contribution in [3.8, 4) is 11.5 Å². The van der Waals surface area contributed by atoms with Gasteiger partial charge in [-0.05, 0) is 46.5 Å². The lowest BCUT2D eigenvalue weighted by atomic mass is 10.2. The zero-order valence-electron chi connectivity index (χ0n) is 14.8. The van der Waals surface area contributed by atoms with Gasteiger partial charge >= 0.3 is 0 Å². The second-order valence-electron chi connectivity index (χ2n) is 6.20. The Morgan fingerprint density at radius 1 is 1.30 bits per heavy atom. The third-order valence-electron chi connectivity index (χ3n) is 4.37. The van der Waals surface area contributed by atoms with E-state index >= 15 is 0 Å². The average molecular weight is 451 g/mol. The molecule has 0 amide bonds. The van der Waals surface area contributed by atoms with Crippen LogP contribution in [0.5, 0.6) is 11.5 Å². The number of hydrogen-bond donors (Lipinski definition) is 0. The average Bonchev–Trinajstić information content (AvgIpc) is 3.20. The third kappa shape index (κ3) is 4.56. The Morgan fingerprint density at radius 3 is 2.70 bits per heavy atom. The second kappa shape index (κ2) is 8.67. The smallest absolute Gasteiger partial charge is 0.269 e. The van der Waals surface area contributed by atoms with Gasteiger partial charge < -0.3 is 14.4 Å². The number of methoxy groups -OCH3 is 1. The molecule has 0 N–H and O–H groups in total. The summed E-state index contributed by atoms with van der Waals surface area (Å²) in [5.41, 5.74) is 1.64. The molecule has 0 spiro atoms. The van der Waals surface area contributed by atoms with Gasteiger partial charge in [0.25, 0.3) is 5.69 Å². The van der Waals surface area contributed by atoms with Crippen molar-refractivity contribution in [1.29, 1.82) is 0 Å². The molecule has 1 heterocycles. The largest absolute Gasteiger partial charge is 0.493 e. The van der Waals surface area contributed by atoms with Crippen molar-refractivity contribution in [3.63, 3.8) is 0 Å². The summed E-state index contributed by atoms with van der Waals surface area (Å²) in [6, 6.07) is 10.2. The van der Waals surface area contributed by atoms with Crippen LogP contribution in [0.3, 0.4) is 0 Å². The number of ether oxygens (including phenoxy) is 2. The fourth-order valence-electron chi connectivity index (χ4n) is 3.00. The Morgan fingerprint density at radius 2 is 2.04 bits per heavy atom. The van der Waals surface area contributed by atoms with Crippen LogP contribution in [-0.4, -0.2) is 35.0 Å². The van der Waals surface area contributed by atoms with Crippen molar-refractivity contribution in [2.24, 2.45) is 0 Å². The molecule has 8 heteroatoms. The Balaban J connectivity index is 1.80. The molecule has 0 bridgehead atoms. The maximum atomic E-state index is 10.9. The molecule has 0 aliphatic carbocycles. The summed E-state index contributed by atoms with van der Waals surface area (Å²) >= 11 is 9.15. The molecule has 1 saturated heterocycles. The fraction of sp³-hybridized carbons (Fsp3) is 0.316. The third-order valence-corrected chi connectivity index (χ3v) is 5.46. The lowest BCUT2D eigenvalue weighted by Crippen LogP contribution is -2.26. The molecule has 27 heavy (non-hydrogen) atoms. The molecule has 1 aliphatic rings. The molecule has 1 aliphatic heterocycles. The summed E-state index contributed by atoms with van der Waals surface area (Å²) in [6.45, 7) is 2.14. The second-order valence-corrected chi connectivity index (χ2v) is 7.45. The van der Waals surface area contributed by atoms with Crippen molar-refractivity contribution in [1.82, 2.24) is 4.90 Å². The number of nitrogens with zero attached hydrogens (tertiary/aromatic N) is 2. The highest BCUT2D eigenvalue weighted by molar-refractivity contribution is 9.10. The molecule has 0 aromatic heterocycles. The first-order valence-corrected chi connectivity index (χ1v) is 9.72. The number of thiocarbonyl (C=S) groups is 1. The van der Waals surface area contributed by atoms with Crippen molar-refractivity contribution < 1.29 is 14.4 Å². The predicted molar refractivity (Wildman–Crippen MR) is 111 cm³/mol. The van der Waals surface area contributed by atoms with Gasteiger partial charge in [0.05, 0.1) is 16.5 Å². The molecule has 0 unspecified atom stereocenters.